The van der Waals surface area contributed by atoms with E-state index in [0.717, 1.165) is 50.8 Å². The van der Waals surface area contributed by atoms with Gasteiger partial charge in [0.15, 0.2) is 0 Å². The van der Waals surface area contributed by atoms with E-state index in [1.54, 1.807) is 7.11 Å². The molecule has 6 heteroatoms. The quantitative estimate of drug-likeness (QED) is 0.855. The third kappa shape index (κ3) is 5.33. The van der Waals surface area contributed by atoms with Gasteiger partial charge in [0.1, 0.15) is 11.6 Å². The van der Waals surface area contributed by atoms with Gasteiger partial charge in [0.25, 0.3) is 0 Å². The number of rotatable bonds is 6. The fourth-order valence-corrected chi connectivity index (χ4v) is 3.00. The number of benzene rings is 1. The minimum atomic E-state index is 0. The number of likely N-dealkylation sites (N-methyl/N-ethyl adjacent to an activating group) is 1. The molecule has 1 saturated heterocycles. The normalized spacial score (nSPS) is 14.9. The molecule has 0 saturated carbocycles. The van der Waals surface area contributed by atoms with E-state index in [4.69, 9.17) is 4.74 Å². The van der Waals surface area contributed by atoms with E-state index in [2.05, 4.69) is 45.3 Å². The highest BCUT2D eigenvalue weighted by atomic mass is 35.5. The molecular formula is C19H27ClN4O. The Morgan fingerprint density at radius 2 is 1.88 bits per heavy atom. The summed E-state index contributed by atoms with van der Waals surface area (Å²) in [5, 5.41) is 3.52. The van der Waals surface area contributed by atoms with Gasteiger partial charge in [-0.25, -0.2) is 4.98 Å². The lowest BCUT2D eigenvalue weighted by molar-refractivity contribution is 0.311. The maximum absolute atomic E-state index is 5.28. The standard InChI is InChI=1S/C19H26N4O.ClH/c1-22-9-11-23(12-10-22)19-17(6-4-8-21-19)15-20-14-16-5-3-7-18(13-16)24-2;/h3-8,13,20H,9-12,14-15H2,1-2H3;1H. The molecule has 0 amide bonds. The van der Waals surface area contributed by atoms with Gasteiger partial charge in [0.2, 0.25) is 0 Å². The number of hydrogen-bond donors (Lipinski definition) is 1. The predicted molar refractivity (Wildman–Crippen MR) is 105 cm³/mol. The summed E-state index contributed by atoms with van der Waals surface area (Å²) in [6, 6.07) is 12.4. The average molecular weight is 363 g/mol. The first kappa shape index (κ1) is 19.5. The second kappa shape index (κ2) is 9.61. The summed E-state index contributed by atoms with van der Waals surface area (Å²) in [4.78, 5) is 9.38. The Morgan fingerprint density at radius 3 is 2.64 bits per heavy atom. The van der Waals surface area contributed by atoms with Crippen LogP contribution in [-0.2, 0) is 13.1 Å². The molecule has 0 radical (unpaired) electrons. The Kier molecular flexibility index (Phi) is 7.50. The van der Waals surface area contributed by atoms with Crippen LogP contribution in [-0.4, -0.2) is 50.2 Å². The fraction of sp³-hybridized carbons (Fsp3) is 0.421. The van der Waals surface area contributed by atoms with Crippen LogP contribution in [0.5, 0.6) is 5.75 Å². The first-order valence-electron chi connectivity index (χ1n) is 8.47. The van der Waals surface area contributed by atoms with Gasteiger partial charge >= 0.3 is 0 Å². The summed E-state index contributed by atoms with van der Waals surface area (Å²) in [6.45, 7) is 5.88. The van der Waals surface area contributed by atoms with Gasteiger partial charge in [-0.2, -0.15) is 0 Å². The lowest BCUT2D eigenvalue weighted by atomic mass is 10.2. The number of piperazine rings is 1. The Morgan fingerprint density at radius 1 is 1.08 bits per heavy atom. The van der Waals surface area contributed by atoms with E-state index < -0.39 is 0 Å². The Bertz CT molecular complexity index is 659. The number of nitrogens with zero attached hydrogens (tertiary/aromatic N) is 3. The molecule has 1 N–H and O–H groups in total. The molecule has 2 aromatic rings. The van der Waals surface area contributed by atoms with Gasteiger partial charge in [-0.1, -0.05) is 18.2 Å². The summed E-state index contributed by atoms with van der Waals surface area (Å²) >= 11 is 0. The van der Waals surface area contributed by atoms with Crippen molar-refractivity contribution in [3.8, 4) is 5.75 Å². The van der Waals surface area contributed by atoms with Crippen molar-refractivity contribution in [3.05, 3.63) is 53.7 Å². The summed E-state index contributed by atoms with van der Waals surface area (Å²) in [5.74, 6) is 2.01. The van der Waals surface area contributed by atoms with Crippen LogP contribution in [0, 0.1) is 0 Å². The number of halogens is 1. The van der Waals surface area contributed by atoms with E-state index in [1.807, 2.05) is 24.4 Å². The van der Waals surface area contributed by atoms with Crippen molar-refractivity contribution in [1.29, 1.82) is 0 Å². The van der Waals surface area contributed by atoms with Crippen molar-refractivity contribution in [1.82, 2.24) is 15.2 Å². The van der Waals surface area contributed by atoms with Crippen molar-refractivity contribution >= 4 is 18.2 Å². The highest BCUT2D eigenvalue weighted by Crippen LogP contribution is 2.19. The minimum Gasteiger partial charge on any atom is -0.497 e. The highest BCUT2D eigenvalue weighted by molar-refractivity contribution is 5.85. The zero-order valence-corrected chi connectivity index (χ0v) is 15.8. The number of nitrogens with one attached hydrogen (secondary N) is 1. The largest absolute Gasteiger partial charge is 0.497 e. The monoisotopic (exact) mass is 362 g/mol. The van der Waals surface area contributed by atoms with Crippen LogP contribution in [0.2, 0.25) is 0 Å². The van der Waals surface area contributed by atoms with Crippen molar-refractivity contribution in [2.24, 2.45) is 0 Å². The number of aromatic nitrogens is 1. The SMILES string of the molecule is COc1cccc(CNCc2cccnc2N2CCN(C)CC2)c1.Cl. The molecule has 25 heavy (non-hydrogen) atoms. The second-order valence-corrected chi connectivity index (χ2v) is 6.23. The second-order valence-electron chi connectivity index (χ2n) is 6.23. The summed E-state index contributed by atoms with van der Waals surface area (Å²) < 4.78 is 5.28. The van der Waals surface area contributed by atoms with Crippen molar-refractivity contribution in [3.63, 3.8) is 0 Å². The molecule has 0 aliphatic carbocycles. The molecule has 0 atom stereocenters. The molecule has 1 aliphatic rings. The van der Waals surface area contributed by atoms with Gasteiger partial charge in [-0.05, 0) is 30.8 Å². The summed E-state index contributed by atoms with van der Waals surface area (Å²) in [5.41, 5.74) is 2.48. The van der Waals surface area contributed by atoms with Gasteiger partial charge in [-0.15, -0.1) is 12.4 Å². The lowest BCUT2D eigenvalue weighted by Crippen LogP contribution is -2.45. The number of anilines is 1. The number of methoxy groups -OCH3 is 1. The summed E-state index contributed by atoms with van der Waals surface area (Å²) in [6.07, 6.45) is 1.89. The first-order valence-corrected chi connectivity index (χ1v) is 8.47. The predicted octanol–water partition coefficient (Wildman–Crippen LogP) is 2.55. The van der Waals surface area contributed by atoms with Crippen LogP contribution in [0.3, 0.4) is 0 Å². The Labute approximate surface area is 156 Å². The van der Waals surface area contributed by atoms with Crippen molar-refractivity contribution in [2.75, 3.05) is 45.2 Å². The molecule has 0 spiro atoms. The van der Waals surface area contributed by atoms with Crippen molar-refractivity contribution in [2.45, 2.75) is 13.1 Å². The maximum atomic E-state index is 5.28. The van der Waals surface area contributed by atoms with E-state index in [-0.39, 0.29) is 12.4 Å². The number of hydrogen-bond acceptors (Lipinski definition) is 5. The molecule has 0 bridgehead atoms. The van der Waals surface area contributed by atoms with Crippen LogP contribution in [0.4, 0.5) is 5.82 Å². The third-order valence-corrected chi connectivity index (χ3v) is 4.45. The fourth-order valence-electron chi connectivity index (χ4n) is 3.00. The van der Waals surface area contributed by atoms with E-state index in [9.17, 15) is 0 Å². The van der Waals surface area contributed by atoms with E-state index >= 15 is 0 Å². The van der Waals surface area contributed by atoms with Crippen molar-refractivity contribution < 1.29 is 4.74 Å². The average Bonchev–Trinajstić information content (AvgIpc) is 2.63. The van der Waals surface area contributed by atoms with Crippen LogP contribution < -0.4 is 15.0 Å². The van der Waals surface area contributed by atoms with Gasteiger partial charge < -0.3 is 19.9 Å². The zero-order chi connectivity index (χ0) is 16.8. The van der Waals surface area contributed by atoms with Gasteiger partial charge in [0, 0.05) is 51.0 Å². The number of ether oxygens (including phenoxy) is 1. The molecule has 1 aliphatic heterocycles. The Hall–Kier alpha value is -1.82. The molecule has 3 rings (SSSR count). The molecular weight excluding hydrogens is 336 g/mol. The van der Waals surface area contributed by atoms with E-state index in [1.165, 1.54) is 11.1 Å². The molecule has 1 aromatic carbocycles. The van der Waals surface area contributed by atoms with E-state index in [0.29, 0.717) is 0 Å². The smallest absolute Gasteiger partial charge is 0.133 e. The first-order chi connectivity index (χ1) is 11.8. The van der Waals surface area contributed by atoms with Gasteiger partial charge in [-0.3, -0.25) is 0 Å². The lowest BCUT2D eigenvalue weighted by Gasteiger charge is -2.34. The van der Waals surface area contributed by atoms with Crippen LogP contribution in [0.15, 0.2) is 42.6 Å². The number of pyridine rings is 1. The minimum absolute atomic E-state index is 0. The molecule has 0 unspecified atom stereocenters. The summed E-state index contributed by atoms with van der Waals surface area (Å²) in [7, 11) is 3.87. The van der Waals surface area contributed by atoms with Crippen LogP contribution in [0.1, 0.15) is 11.1 Å². The molecule has 5 nitrogen and oxygen atoms in total. The third-order valence-electron chi connectivity index (χ3n) is 4.45. The Balaban J connectivity index is 0.00000225. The molecule has 1 aromatic heterocycles. The molecule has 1 fully saturated rings. The highest BCUT2D eigenvalue weighted by Gasteiger charge is 2.17. The maximum Gasteiger partial charge on any atom is 0.133 e. The zero-order valence-electron chi connectivity index (χ0n) is 14.9. The topological polar surface area (TPSA) is 40.6 Å². The van der Waals surface area contributed by atoms with Crippen LogP contribution >= 0.6 is 12.4 Å². The van der Waals surface area contributed by atoms with Crippen LogP contribution in [0.25, 0.3) is 0 Å². The van der Waals surface area contributed by atoms with Gasteiger partial charge in [0.05, 0.1) is 7.11 Å². The molecule has 136 valence electrons. The molecule has 2 heterocycles.